The van der Waals surface area contributed by atoms with Crippen molar-refractivity contribution in [3.63, 3.8) is 0 Å². The van der Waals surface area contributed by atoms with Crippen LogP contribution < -0.4 is 14.8 Å². The first-order chi connectivity index (χ1) is 11.7. The van der Waals surface area contributed by atoms with Gasteiger partial charge in [0.15, 0.2) is 0 Å². The Morgan fingerprint density at radius 2 is 1.64 bits per heavy atom. The van der Waals surface area contributed by atoms with Crippen molar-refractivity contribution >= 4 is 31.6 Å². The Morgan fingerprint density at radius 1 is 1.08 bits per heavy atom. The zero-order valence-electron chi connectivity index (χ0n) is 13.4. The first-order valence-corrected chi connectivity index (χ1v) is 9.93. The summed E-state index contributed by atoms with van der Waals surface area (Å²) in [6, 6.07) is 3.27. The van der Waals surface area contributed by atoms with Gasteiger partial charge in [-0.1, -0.05) is 0 Å². The normalized spacial score (nSPS) is 12.1. The van der Waals surface area contributed by atoms with Gasteiger partial charge in [0, 0.05) is 18.6 Å². The van der Waals surface area contributed by atoms with Crippen LogP contribution in [0, 0.1) is 0 Å². The number of nitrogens with zero attached hydrogens (tertiary/aromatic N) is 2. The van der Waals surface area contributed by atoms with Crippen molar-refractivity contribution in [2.24, 2.45) is 0 Å². The van der Waals surface area contributed by atoms with Gasteiger partial charge in [0.05, 0.1) is 11.9 Å². The third-order valence-corrected chi connectivity index (χ3v) is 6.21. The lowest BCUT2D eigenvalue weighted by molar-refractivity contribution is -0.116. The SMILES string of the molecule is CNS(=O)(=O)c1cn(CC(=O)Nc2cccnc2)cc1S(=O)(=O)NC. The lowest BCUT2D eigenvalue weighted by Crippen LogP contribution is -2.24. The minimum atomic E-state index is -4.03. The number of amides is 1. The van der Waals surface area contributed by atoms with E-state index in [0.717, 1.165) is 26.5 Å². The summed E-state index contributed by atoms with van der Waals surface area (Å²) in [5.74, 6) is -0.468. The van der Waals surface area contributed by atoms with Crippen LogP contribution in [0.25, 0.3) is 0 Å². The van der Waals surface area contributed by atoms with Crippen LogP contribution in [0.3, 0.4) is 0 Å². The fourth-order valence-electron chi connectivity index (χ4n) is 1.98. The number of carbonyl (C=O) groups is 1. The van der Waals surface area contributed by atoms with Gasteiger partial charge in [-0.3, -0.25) is 9.78 Å². The molecule has 0 aliphatic rings. The average molecular weight is 387 g/mol. The molecule has 1 amide bonds. The van der Waals surface area contributed by atoms with E-state index in [1.807, 2.05) is 0 Å². The largest absolute Gasteiger partial charge is 0.342 e. The highest BCUT2D eigenvalue weighted by molar-refractivity contribution is 7.92. The monoisotopic (exact) mass is 387 g/mol. The van der Waals surface area contributed by atoms with Crippen molar-refractivity contribution in [3.8, 4) is 0 Å². The van der Waals surface area contributed by atoms with E-state index in [4.69, 9.17) is 0 Å². The number of anilines is 1. The van der Waals surface area contributed by atoms with Crippen molar-refractivity contribution in [2.75, 3.05) is 19.4 Å². The van der Waals surface area contributed by atoms with Crippen LogP contribution in [-0.4, -0.2) is 46.4 Å². The smallest absolute Gasteiger partial charge is 0.244 e. The molecular formula is C13H17N5O5S2. The van der Waals surface area contributed by atoms with E-state index in [-0.39, 0.29) is 6.54 Å². The average Bonchev–Trinajstić information content (AvgIpc) is 3.01. The Labute approximate surface area is 145 Å². The molecule has 0 unspecified atom stereocenters. The molecule has 2 aromatic heterocycles. The maximum Gasteiger partial charge on any atom is 0.244 e. The number of sulfonamides is 2. The minimum absolute atomic E-state index is 0.277. The molecule has 2 aromatic rings. The van der Waals surface area contributed by atoms with E-state index in [1.54, 1.807) is 18.3 Å². The van der Waals surface area contributed by atoms with Crippen molar-refractivity contribution in [1.82, 2.24) is 19.0 Å². The van der Waals surface area contributed by atoms with Gasteiger partial charge in [-0.05, 0) is 26.2 Å². The Kier molecular flexibility index (Phi) is 5.57. The van der Waals surface area contributed by atoms with E-state index in [1.165, 1.54) is 10.8 Å². The summed E-state index contributed by atoms with van der Waals surface area (Å²) in [5.41, 5.74) is 0.464. The fourth-order valence-corrected chi connectivity index (χ4v) is 4.27. The number of hydrogen-bond donors (Lipinski definition) is 3. The molecule has 136 valence electrons. The van der Waals surface area contributed by atoms with E-state index >= 15 is 0 Å². The first-order valence-electron chi connectivity index (χ1n) is 6.96. The lowest BCUT2D eigenvalue weighted by Gasteiger charge is -2.05. The molecule has 0 saturated carbocycles. The highest BCUT2D eigenvalue weighted by Crippen LogP contribution is 2.22. The number of aromatic nitrogens is 2. The maximum atomic E-state index is 12.1. The van der Waals surface area contributed by atoms with Crippen LogP contribution in [0.4, 0.5) is 5.69 Å². The zero-order valence-corrected chi connectivity index (χ0v) is 15.1. The lowest BCUT2D eigenvalue weighted by atomic mass is 10.4. The van der Waals surface area contributed by atoms with Gasteiger partial charge in [-0.25, -0.2) is 26.3 Å². The second-order valence-electron chi connectivity index (χ2n) is 4.86. The summed E-state index contributed by atoms with van der Waals surface area (Å²) < 4.78 is 53.5. The number of rotatable bonds is 7. The molecular weight excluding hydrogens is 370 g/mol. The summed E-state index contributed by atoms with van der Waals surface area (Å²) in [6.45, 7) is -0.277. The highest BCUT2D eigenvalue weighted by Gasteiger charge is 2.27. The van der Waals surface area contributed by atoms with Gasteiger partial charge in [0.1, 0.15) is 16.3 Å². The molecule has 0 aliphatic carbocycles. The van der Waals surface area contributed by atoms with Crippen molar-refractivity contribution in [1.29, 1.82) is 0 Å². The van der Waals surface area contributed by atoms with E-state index in [2.05, 4.69) is 19.7 Å². The van der Waals surface area contributed by atoms with Gasteiger partial charge in [0.25, 0.3) is 0 Å². The topological polar surface area (TPSA) is 139 Å². The predicted octanol–water partition coefficient (Wildman–Crippen LogP) is -0.662. The van der Waals surface area contributed by atoms with Gasteiger partial charge in [0.2, 0.25) is 26.0 Å². The van der Waals surface area contributed by atoms with Crippen molar-refractivity contribution < 1.29 is 21.6 Å². The van der Waals surface area contributed by atoms with Gasteiger partial charge in [-0.2, -0.15) is 0 Å². The Hall–Kier alpha value is -2.28. The molecule has 25 heavy (non-hydrogen) atoms. The van der Waals surface area contributed by atoms with Crippen LogP contribution in [0.5, 0.6) is 0 Å². The van der Waals surface area contributed by atoms with E-state index < -0.39 is 35.7 Å². The van der Waals surface area contributed by atoms with Gasteiger partial charge < -0.3 is 9.88 Å². The van der Waals surface area contributed by atoms with Crippen LogP contribution in [0.2, 0.25) is 0 Å². The van der Waals surface area contributed by atoms with Gasteiger partial charge >= 0.3 is 0 Å². The highest BCUT2D eigenvalue weighted by atomic mass is 32.2. The van der Waals surface area contributed by atoms with Crippen LogP contribution >= 0.6 is 0 Å². The quantitative estimate of drug-likeness (QED) is 0.576. The fraction of sp³-hybridized carbons (Fsp3) is 0.231. The Morgan fingerprint density at radius 3 is 2.08 bits per heavy atom. The molecule has 0 radical (unpaired) electrons. The summed E-state index contributed by atoms with van der Waals surface area (Å²) in [4.78, 5) is 15.0. The summed E-state index contributed by atoms with van der Waals surface area (Å²) >= 11 is 0. The van der Waals surface area contributed by atoms with Crippen LogP contribution in [0.1, 0.15) is 0 Å². The summed E-state index contributed by atoms with van der Waals surface area (Å²) in [6.07, 6.45) is 5.16. The molecule has 10 nitrogen and oxygen atoms in total. The first kappa shape index (κ1) is 19.1. The molecule has 12 heteroatoms. The number of hydrogen-bond acceptors (Lipinski definition) is 6. The molecule has 2 rings (SSSR count). The number of nitrogens with one attached hydrogen (secondary N) is 3. The van der Waals surface area contributed by atoms with E-state index in [9.17, 15) is 21.6 Å². The zero-order chi connectivity index (χ0) is 18.7. The maximum absolute atomic E-state index is 12.1. The third kappa shape index (κ3) is 4.42. The number of carbonyl (C=O) groups excluding carboxylic acids is 1. The predicted molar refractivity (Wildman–Crippen MR) is 89.8 cm³/mol. The van der Waals surface area contributed by atoms with E-state index in [0.29, 0.717) is 5.69 Å². The second kappa shape index (κ2) is 7.31. The summed E-state index contributed by atoms with van der Waals surface area (Å²) in [7, 11) is -5.73. The molecule has 0 aliphatic heterocycles. The van der Waals surface area contributed by atoms with Gasteiger partial charge in [-0.15, -0.1) is 0 Å². The molecule has 0 saturated heterocycles. The Bertz CT molecular complexity index is 916. The van der Waals surface area contributed by atoms with Crippen molar-refractivity contribution in [3.05, 3.63) is 36.9 Å². The minimum Gasteiger partial charge on any atom is -0.342 e. The molecule has 3 N–H and O–H groups in total. The van der Waals surface area contributed by atoms with Crippen molar-refractivity contribution in [2.45, 2.75) is 16.3 Å². The molecule has 0 spiro atoms. The molecule has 0 fully saturated rings. The molecule has 0 bridgehead atoms. The summed E-state index contributed by atoms with van der Waals surface area (Å²) in [5, 5.41) is 2.57. The Balaban J connectivity index is 2.34. The molecule has 0 aromatic carbocycles. The second-order valence-corrected chi connectivity index (χ2v) is 8.57. The molecule has 0 atom stereocenters. The van der Waals surface area contributed by atoms with Crippen LogP contribution in [0.15, 0.2) is 46.7 Å². The standard InChI is InChI=1S/C13H17N5O5S2/c1-14-24(20,21)11-7-18(8-12(11)25(22,23)15-2)9-13(19)17-10-4-3-5-16-6-10/h3-8,14-15H,9H2,1-2H3,(H,17,19). The van der Waals surface area contributed by atoms with Crippen LogP contribution in [-0.2, 0) is 31.4 Å². The molecule has 2 heterocycles. The number of pyridine rings is 1. The third-order valence-electron chi connectivity index (χ3n) is 3.20.